The summed E-state index contributed by atoms with van der Waals surface area (Å²) in [6.45, 7) is 2.24. The van der Waals surface area contributed by atoms with E-state index >= 15 is 14.4 Å². The summed E-state index contributed by atoms with van der Waals surface area (Å²) >= 11 is 0. The fraction of sp³-hybridized carbons (Fsp3) is 0.638. The smallest absolute Gasteiger partial charge is 0.407 e. The lowest BCUT2D eigenvalue weighted by Gasteiger charge is -2.39. The molecule has 0 aliphatic carbocycles. The number of carbonyl (C=O) groups is 13. The zero-order valence-corrected chi connectivity index (χ0v) is 69.4. The minimum atomic E-state index is -5.04. The van der Waals surface area contributed by atoms with Crippen LogP contribution in [0.4, 0.5) is 9.59 Å². The number of hydrogen-bond acceptors (Lipinski definition) is 32. The third-order valence-corrected chi connectivity index (χ3v) is 20.8. The molecule has 48 nitrogen and oxygen atoms in total. The van der Waals surface area contributed by atoms with Crippen molar-refractivity contribution < 1.29 is 163 Å². The van der Waals surface area contributed by atoms with E-state index in [2.05, 4.69) is 36.6 Å². The standard InChI is InChI=1S/C69H107N13O35S4/c1-4-5-6-7-12-15-18-39(78-69(100)117-61(53(92)33-84)62-58(77-38(3)86)47(82-67(72)73)31-57(115-62)113-36-85)25-51(90)41-26-40(48(87)19-16-13-10-8-9-11-14-17-22-74-68(99)116-60(52(91)32-83)59-37(2)44(81-66(70)71)28-54(114-59)65(97)98)42(63(95)79-45(49(88)20-23-118(101,102)103)29-55(93)75-34-120(107,108)109)27-43(41)64(96)80-46(50(89)21-24-119(104,105)106)30-56(94)76-35-121(110,111)112/h26-28,31,36-37,39,44-47,52-53,58-62,83-84,91-92H,4-25,29-30,32-35H2,1-3H3,(H,74,99)(H,75,93)(H,76,94)(H,77,86)(H,78,100)(H,79,95)(H,80,96)(H,97,98)(H4,70,71,81)(H4,72,73,82)(H,101,102,103)(H,104,105,106)(H,107,108,109)(H,110,111,112)/t37-,39?,44+,45?,46?,47+,52-,53-,58-,59?,60-,61-,62?/m1/s1. The van der Waals surface area contributed by atoms with Crippen LogP contribution in [0.15, 0.2) is 46.0 Å². The predicted octanol–water partition coefficient (Wildman–Crippen LogP) is -3.23. The summed E-state index contributed by atoms with van der Waals surface area (Å²) in [4.78, 5) is 187. The molecule has 2 aliphatic rings. The summed E-state index contributed by atoms with van der Waals surface area (Å²) in [5, 5.41) is 66.8. The van der Waals surface area contributed by atoms with E-state index in [4.69, 9.17) is 46.6 Å². The minimum Gasteiger partial charge on any atom is -0.479 e. The number of ether oxygens (including phenoxy) is 5. The monoisotopic (exact) mass is 1810 g/mol. The molecule has 0 saturated carbocycles. The Hall–Kier alpha value is -10.2. The first kappa shape index (κ1) is 105. The molecular weight excluding hydrogens is 1700 g/mol. The van der Waals surface area contributed by atoms with Gasteiger partial charge >= 0.3 is 24.6 Å². The van der Waals surface area contributed by atoms with Gasteiger partial charge in [-0.3, -0.25) is 66.2 Å². The van der Waals surface area contributed by atoms with Crippen molar-refractivity contribution >= 4 is 130 Å². The quantitative estimate of drug-likeness (QED) is 0.00580. The Bertz CT molecular complexity index is 4410. The van der Waals surface area contributed by atoms with Gasteiger partial charge in [0.15, 0.2) is 53.4 Å². The molecule has 7 amide bonds. The topological polar surface area (TPSA) is 800 Å². The second kappa shape index (κ2) is 50.9. The van der Waals surface area contributed by atoms with Gasteiger partial charge in [-0.1, -0.05) is 90.9 Å². The van der Waals surface area contributed by atoms with E-state index in [1.165, 1.54) is 6.92 Å². The predicted molar refractivity (Wildman–Crippen MR) is 421 cm³/mol. The molecule has 2 heterocycles. The molecule has 0 radical (unpaired) electrons. The fourth-order valence-electron chi connectivity index (χ4n) is 12.4. The lowest BCUT2D eigenvalue weighted by atomic mass is 9.87. The van der Waals surface area contributed by atoms with Gasteiger partial charge in [-0.2, -0.15) is 33.7 Å². The minimum absolute atomic E-state index is 0.0211. The number of carboxylic acid groups (broad SMARTS) is 1. The van der Waals surface area contributed by atoms with Crippen LogP contribution in [0, 0.1) is 5.92 Å². The summed E-state index contributed by atoms with van der Waals surface area (Å²) in [5.41, 5.74) is 18.6. The zero-order chi connectivity index (χ0) is 91.3. The molecular formula is C69H107N13O35S4. The molecule has 682 valence electrons. The summed E-state index contributed by atoms with van der Waals surface area (Å²) in [5.74, 6) is -22.6. The van der Waals surface area contributed by atoms with Gasteiger partial charge in [0.05, 0.1) is 72.9 Å². The van der Waals surface area contributed by atoms with Gasteiger partial charge in [0.1, 0.15) is 36.1 Å². The number of alkyl carbamates (subject to hydrolysis) is 2. The van der Waals surface area contributed by atoms with Gasteiger partial charge in [0.2, 0.25) is 23.5 Å². The van der Waals surface area contributed by atoms with Crippen molar-refractivity contribution in [3.05, 3.63) is 58.2 Å². The number of hydrogen-bond donors (Lipinski definition) is 20. The lowest BCUT2D eigenvalue weighted by molar-refractivity contribution is -0.149. The number of aliphatic hydroxyl groups excluding tert-OH is 4. The van der Waals surface area contributed by atoms with Crippen molar-refractivity contribution in [1.82, 2.24) is 37.2 Å². The molecule has 52 heteroatoms. The van der Waals surface area contributed by atoms with Crippen molar-refractivity contribution in [3.8, 4) is 0 Å². The molecule has 5 unspecified atom stereocenters. The largest absolute Gasteiger partial charge is 0.479 e. The van der Waals surface area contributed by atoms with E-state index in [1.54, 1.807) is 10.6 Å². The highest BCUT2D eigenvalue weighted by atomic mass is 32.2. The SMILES string of the molecule is CCCCCCCCC(CC(=O)c1cc(C(=O)CCCCCCCCCCNC(=O)O[C@@H](C2OC(C(=O)O)=C[C@H](N=C(N)N)[C@H]2C)[C@H](O)CO)c(C(=O)NC(CC(=O)NCS(=O)(=O)O)C(=O)CCS(=O)(=O)O)cc1C(=O)NC(CC(=O)NCS(=O)(=O)O)C(=O)CCS(=O)(=O)O)NC(=O)O[C@@H](C1OC(OC=O)=C[C@H](N=C(N)N)[C@H]1NC(C)=O)[C@H](O)CO. The molecule has 121 heavy (non-hydrogen) atoms. The number of amides is 7. The third-order valence-electron chi connectivity index (χ3n) is 18.3. The highest BCUT2D eigenvalue weighted by Crippen LogP contribution is 2.32. The maximum atomic E-state index is 15.5. The van der Waals surface area contributed by atoms with E-state index in [0.29, 0.717) is 69.9 Å². The maximum absolute atomic E-state index is 15.5. The summed E-state index contributed by atoms with van der Waals surface area (Å²) in [6, 6.07) is -8.91. The van der Waals surface area contributed by atoms with Crippen molar-refractivity contribution in [3.63, 3.8) is 0 Å². The highest BCUT2D eigenvalue weighted by Gasteiger charge is 2.48. The van der Waals surface area contributed by atoms with E-state index in [0.717, 1.165) is 31.9 Å². The Morgan fingerprint density at radius 3 is 1.46 bits per heavy atom. The first-order valence-corrected chi connectivity index (χ1v) is 44.2. The molecule has 0 spiro atoms. The molecule has 3 rings (SSSR count). The van der Waals surface area contributed by atoms with Gasteiger partial charge in [-0.05, 0) is 37.5 Å². The number of unbranched alkanes of at least 4 members (excludes halogenated alkanes) is 12. The van der Waals surface area contributed by atoms with Crippen molar-refractivity contribution in [1.29, 1.82) is 0 Å². The van der Waals surface area contributed by atoms with Crippen LogP contribution in [0.25, 0.3) is 0 Å². The van der Waals surface area contributed by atoms with Crippen molar-refractivity contribution in [2.75, 3.05) is 43.0 Å². The average Bonchev–Trinajstić information content (AvgIpc) is 0.772. The van der Waals surface area contributed by atoms with Gasteiger partial charge in [-0.15, -0.1) is 0 Å². The third kappa shape index (κ3) is 39.9. The number of nitrogens with two attached hydrogens (primary N) is 4. The van der Waals surface area contributed by atoms with Crippen LogP contribution in [0.3, 0.4) is 0 Å². The van der Waals surface area contributed by atoms with Gasteiger partial charge in [-0.25, -0.2) is 24.4 Å². The molecule has 0 bridgehead atoms. The van der Waals surface area contributed by atoms with Gasteiger partial charge in [0.25, 0.3) is 58.2 Å². The molecule has 1 aromatic carbocycles. The van der Waals surface area contributed by atoms with Crippen molar-refractivity contribution in [2.24, 2.45) is 38.8 Å². The maximum Gasteiger partial charge on any atom is 0.407 e. The number of benzene rings is 1. The second-order valence-corrected chi connectivity index (χ2v) is 34.2. The number of carboxylic acids is 1. The molecule has 0 saturated heterocycles. The number of rotatable bonds is 57. The number of Topliss-reactive ketones (excluding diaryl/α,β-unsaturated/α-hetero) is 4. The number of aliphatic hydroxyl groups is 4. The average molecular weight is 1810 g/mol. The van der Waals surface area contributed by atoms with Crippen molar-refractivity contribution in [2.45, 2.75) is 228 Å². The molecule has 0 fully saturated rings. The van der Waals surface area contributed by atoms with Gasteiger partial charge < -0.3 is 109 Å². The van der Waals surface area contributed by atoms with Crippen LogP contribution in [0.1, 0.15) is 197 Å². The first-order chi connectivity index (χ1) is 56.5. The Balaban J connectivity index is 2.27. The lowest BCUT2D eigenvalue weighted by Crippen LogP contribution is -2.61. The van der Waals surface area contributed by atoms with Gasteiger partial charge in [0, 0.05) is 68.3 Å². The first-order valence-electron chi connectivity index (χ1n) is 37.8. The zero-order valence-electron chi connectivity index (χ0n) is 66.2. The van der Waals surface area contributed by atoms with Crippen LogP contribution in [0.5, 0.6) is 0 Å². The van der Waals surface area contributed by atoms with E-state index in [1.807, 2.05) is 6.92 Å². The van der Waals surface area contributed by atoms with Crippen LogP contribution in [-0.4, -0.2) is 283 Å². The van der Waals surface area contributed by atoms with E-state index in [9.17, 15) is 125 Å². The molecule has 24 N–H and O–H groups in total. The molecule has 0 aromatic heterocycles. The molecule has 2 aliphatic heterocycles. The van der Waals surface area contributed by atoms with Crippen LogP contribution < -0.4 is 60.2 Å². The summed E-state index contributed by atoms with van der Waals surface area (Å²) in [7, 11) is -20.1. The number of nitrogens with one attached hydrogen (secondary N) is 7. The summed E-state index contributed by atoms with van der Waals surface area (Å²) < 4.78 is 159. The summed E-state index contributed by atoms with van der Waals surface area (Å²) in [6.07, 6.45) is -11.7. The fourth-order valence-corrected chi connectivity index (χ4v) is 14.0. The Morgan fingerprint density at radius 1 is 0.545 bits per heavy atom. The Labute approximate surface area is 695 Å². The Morgan fingerprint density at radius 2 is 1.00 bits per heavy atom. The molecule has 1 aromatic rings. The van der Waals surface area contributed by atoms with Crippen LogP contribution in [0.2, 0.25) is 0 Å². The van der Waals surface area contributed by atoms with E-state index < -0.39 is 311 Å². The normalized spacial score (nSPS) is 18.3. The highest BCUT2D eigenvalue weighted by molar-refractivity contribution is 7.86. The second-order valence-electron chi connectivity index (χ2n) is 28.1. The van der Waals surface area contributed by atoms with E-state index in [-0.39, 0.29) is 38.7 Å². The number of aliphatic imine (C=N–C) groups is 2. The number of carbonyl (C=O) groups excluding carboxylic acids is 12. The number of nitrogens with zero attached hydrogens (tertiary/aromatic N) is 2. The number of ketones is 4. The Kier molecular flexibility index (Phi) is 44.2. The molecule has 13 atom stereocenters. The number of guanidine groups is 2. The van der Waals surface area contributed by atoms with Crippen LogP contribution in [-0.2, 0) is 97.7 Å². The number of aliphatic carboxylic acids is 1. The van der Waals surface area contributed by atoms with Crippen LogP contribution >= 0.6 is 0 Å².